The zero-order valence-corrected chi connectivity index (χ0v) is 10.8. The Morgan fingerprint density at radius 3 is 2.56 bits per heavy atom. The minimum atomic E-state index is -0.219. The average molecular weight is 252 g/mol. The van der Waals surface area contributed by atoms with Crippen molar-refractivity contribution in [2.75, 3.05) is 26.8 Å². The second kappa shape index (κ2) is 6.27. The zero-order valence-electron chi connectivity index (χ0n) is 10.8. The van der Waals surface area contributed by atoms with Gasteiger partial charge in [0.1, 0.15) is 5.82 Å². The molecular formula is C14H21FN2O. The Bertz CT molecular complexity index is 363. The minimum Gasteiger partial charge on any atom is -0.381 e. The average Bonchev–Trinajstić information content (AvgIpc) is 2.40. The Labute approximate surface area is 108 Å². The fourth-order valence-corrected chi connectivity index (χ4v) is 2.40. The van der Waals surface area contributed by atoms with Crippen LogP contribution in [-0.4, -0.2) is 37.7 Å². The monoisotopic (exact) mass is 252 g/mol. The molecule has 0 aromatic heterocycles. The molecule has 3 nitrogen and oxygen atoms in total. The fraction of sp³-hybridized carbons (Fsp3) is 0.571. The van der Waals surface area contributed by atoms with Crippen molar-refractivity contribution in [2.45, 2.75) is 24.9 Å². The first-order valence-corrected chi connectivity index (χ1v) is 6.46. The number of hydrogen-bond acceptors (Lipinski definition) is 3. The van der Waals surface area contributed by atoms with Crippen molar-refractivity contribution in [1.29, 1.82) is 0 Å². The molecule has 0 spiro atoms. The summed E-state index contributed by atoms with van der Waals surface area (Å²) >= 11 is 0. The van der Waals surface area contributed by atoms with E-state index in [4.69, 9.17) is 10.5 Å². The van der Waals surface area contributed by atoms with Crippen LogP contribution in [0.25, 0.3) is 0 Å². The Morgan fingerprint density at radius 1 is 1.33 bits per heavy atom. The lowest BCUT2D eigenvalue weighted by atomic mass is 10.0. The Balaban J connectivity index is 1.89. The van der Waals surface area contributed by atoms with Crippen LogP contribution < -0.4 is 5.73 Å². The maximum atomic E-state index is 12.8. The van der Waals surface area contributed by atoms with Gasteiger partial charge in [-0.1, -0.05) is 12.1 Å². The molecule has 1 atom stereocenters. The molecule has 1 saturated heterocycles. The summed E-state index contributed by atoms with van der Waals surface area (Å²) < 4.78 is 18.2. The maximum absolute atomic E-state index is 12.8. The van der Waals surface area contributed by atoms with Crippen molar-refractivity contribution in [2.24, 2.45) is 5.73 Å². The van der Waals surface area contributed by atoms with Crippen LogP contribution in [0.5, 0.6) is 0 Å². The summed E-state index contributed by atoms with van der Waals surface area (Å²) in [4.78, 5) is 2.29. The number of rotatable bonds is 4. The van der Waals surface area contributed by atoms with E-state index in [1.165, 1.54) is 12.1 Å². The highest BCUT2D eigenvalue weighted by Gasteiger charge is 2.20. The SMILES string of the molecule is CN(CC(N)c1ccc(F)cc1)C1CCOCC1. The summed E-state index contributed by atoms with van der Waals surface area (Å²) in [7, 11) is 2.10. The quantitative estimate of drug-likeness (QED) is 0.890. The van der Waals surface area contributed by atoms with Gasteiger partial charge in [-0.15, -0.1) is 0 Å². The van der Waals surface area contributed by atoms with Crippen molar-refractivity contribution < 1.29 is 9.13 Å². The molecule has 0 aliphatic carbocycles. The molecule has 0 bridgehead atoms. The summed E-state index contributed by atoms with van der Waals surface area (Å²) in [5.41, 5.74) is 7.14. The van der Waals surface area contributed by atoms with Gasteiger partial charge in [0.05, 0.1) is 0 Å². The van der Waals surface area contributed by atoms with Gasteiger partial charge in [0, 0.05) is 31.8 Å². The van der Waals surface area contributed by atoms with Crippen LogP contribution in [0.15, 0.2) is 24.3 Å². The normalized spacial score (nSPS) is 19.1. The molecule has 1 aliphatic heterocycles. The first kappa shape index (κ1) is 13.5. The fourth-order valence-electron chi connectivity index (χ4n) is 2.40. The molecule has 2 rings (SSSR count). The molecular weight excluding hydrogens is 231 g/mol. The smallest absolute Gasteiger partial charge is 0.123 e. The highest BCUT2D eigenvalue weighted by atomic mass is 19.1. The number of ether oxygens (including phenoxy) is 1. The number of nitrogens with two attached hydrogens (primary N) is 1. The lowest BCUT2D eigenvalue weighted by Gasteiger charge is -2.32. The van der Waals surface area contributed by atoms with Gasteiger partial charge >= 0.3 is 0 Å². The molecule has 100 valence electrons. The zero-order chi connectivity index (χ0) is 13.0. The number of nitrogens with zero attached hydrogens (tertiary/aromatic N) is 1. The summed E-state index contributed by atoms with van der Waals surface area (Å²) in [6.07, 6.45) is 2.12. The molecule has 1 heterocycles. The Morgan fingerprint density at radius 2 is 1.94 bits per heavy atom. The second-order valence-electron chi connectivity index (χ2n) is 4.94. The first-order chi connectivity index (χ1) is 8.66. The molecule has 1 aromatic carbocycles. The van der Waals surface area contributed by atoms with Gasteiger partial charge in [-0.2, -0.15) is 0 Å². The van der Waals surface area contributed by atoms with E-state index < -0.39 is 0 Å². The van der Waals surface area contributed by atoms with Gasteiger partial charge in [-0.05, 0) is 37.6 Å². The molecule has 1 aromatic rings. The van der Waals surface area contributed by atoms with Crippen LogP contribution in [0.1, 0.15) is 24.4 Å². The Kier molecular flexibility index (Phi) is 4.69. The molecule has 0 saturated carbocycles. The van der Waals surface area contributed by atoms with Gasteiger partial charge < -0.3 is 15.4 Å². The summed E-state index contributed by atoms with van der Waals surface area (Å²) in [6, 6.07) is 6.92. The van der Waals surface area contributed by atoms with Crippen LogP contribution in [0.4, 0.5) is 4.39 Å². The van der Waals surface area contributed by atoms with Crippen LogP contribution in [0.2, 0.25) is 0 Å². The molecule has 0 radical (unpaired) electrons. The van der Waals surface area contributed by atoms with E-state index in [1.54, 1.807) is 12.1 Å². The van der Waals surface area contributed by atoms with Gasteiger partial charge in [-0.3, -0.25) is 0 Å². The van der Waals surface area contributed by atoms with Crippen LogP contribution in [0.3, 0.4) is 0 Å². The lowest BCUT2D eigenvalue weighted by molar-refractivity contribution is 0.0413. The molecule has 4 heteroatoms. The van der Waals surface area contributed by atoms with E-state index in [-0.39, 0.29) is 11.9 Å². The second-order valence-corrected chi connectivity index (χ2v) is 4.94. The maximum Gasteiger partial charge on any atom is 0.123 e. The number of likely N-dealkylation sites (N-methyl/N-ethyl adjacent to an activating group) is 1. The Hall–Kier alpha value is -0.970. The topological polar surface area (TPSA) is 38.5 Å². The van der Waals surface area contributed by atoms with E-state index in [9.17, 15) is 4.39 Å². The first-order valence-electron chi connectivity index (χ1n) is 6.46. The summed E-state index contributed by atoms with van der Waals surface area (Å²) in [6.45, 7) is 2.46. The van der Waals surface area contributed by atoms with Crippen LogP contribution >= 0.6 is 0 Å². The molecule has 18 heavy (non-hydrogen) atoms. The van der Waals surface area contributed by atoms with Crippen molar-refractivity contribution in [3.05, 3.63) is 35.6 Å². The predicted molar refractivity (Wildman–Crippen MR) is 69.8 cm³/mol. The van der Waals surface area contributed by atoms with Gasteiger partial charge in [0.15, 0.2) is 0 Å². The van der Waals surface area contributed by atoms with E-state index in [2.05, 4.69) is 11.9 Å². The van der Waals surface area contributed by atoms with Crippen molar-refractivity contribution in [3.63, 3.8) is 0 Å². The van der Waals surface area contributed by atoms with E-state index >= 15 is 0 Å². The van der Waals surface area contributed by atoms with E-state index in [0.29, 0.717) is 6.04 Å². The predicted octanol–water partition coefficient (Wildman–Crippen LogP) is 1.94. The third-order valence-corrected chi connectivity index (χ3v) is 3.60. The summed E-state index contributed by atoms with van der Waals surface area (Å²) in [5.74, 6) is -0.219. The van der Waals surface area contributed by atoms with Crippen LogP contribution in [-0.2, 0) is 4.74 Å². The van der Waals surface area contributed by atoms with Gasteiger partial charge in [-0.25, -0.2) is 4.39 Å². The van der Waals surface area contributed by atoms with Gasteiger partial charge in [0.25, 0.3) is 0 Å². The van der Waals surface area contributed by atoms with Gasteiger partial charge in [0.2, 0.25) is 0 Å². The molecule has 1 fully saturated rings. The number of hydrogen-bond donors (Lipinski definition) is 1. The van der Waals surface area contributed by atoms with E-state index in [1.807, 2.05) is 0 Å². The largest absolute Gasteiger partial charge is 0.381 e. The number of halogens is 1. The lowest BCUT2D eigenvalue weighted by Crippen LogP contribution is -2.40. The number of benzene rings is 1. The van der Waals surface area contributed by atoms with Crippen LogP contribution in [0, 0.1) is 5.82 Å². The molecule has 1 aliphatic rings. The molecule has 2 N–H and O–H groups in total. The summed E-state index contributed by atoms with van der Waals surface area (Å²) in [5, 5.41) is 0. The van der Waals surface area contributed by atoms with Crippen molar-refractivity contribution in [3.8, 4) is 0 Å². The standard InChI is InChI=1S/C14H21FN2O/c1-17(13-6-8-18-9-7-13)10-14(16)11-2-4-12(15)5-3-11/h2-5,13-14H,6-10,16H2,1H3. The van der Waals surface area contributed by atoms with E-state index in [0.717, 1.165) is 38.2 Å². The third-order valence-electron chi connectivity index (χ3n) is 3.60. The minimum absolute atomic E-state index is 0.0709. The highest BCUT2D eigenvalue weighted by molar-refractivity contribution is 5.19. The highest BCUT2D eigenvalue weighted by Crippen LogP contribution is 2.17. The van der Waals surface area contributed by atoms with Crippen molar-refractivity contribution in [1.82, 2.24) is 4.90 Å². The van der Waals surface area contributed by atoms with Crippen molar-refractivity contribution >= 4 is 0 Å². The third kappa shape index (κ3) is 3.51. The molecule has 1 unspecified atom stereocenters. The molecule has 0 amide bonds.